The van der Waals surface area contributed by atoms with Gasteiger partial charge in [-0.15, -0.1) is 0 Å². The van der Waals surface area contributed by atoms with Gasteiger partial charge in [0.05, 0.1) is 13.7 Å². The van der Waals surface area contributed by atoms with E-state index in [4.69, 9.17) is 9.47 Å². The molecule has 0 heterocycles. The van der Waals surface area contributed by atoms with Crippen LogP contribution in [0.15, 0.2) is 24.3 Å². The minimum absolute atomic E-state index is 0.0568. The van der Waals surface area contributed by atoms with Gasteiger partial charge in [0.25, 0.3) is 0 Å². The van der Waals surface area contributed by atoms with Crippen molar-refractivity contribution < 1.29 is 14.3 Å². The van der Waals surface area contributed by atoms with E-state index in [2.05, 4.69) is 10.6 Å². The number of nitrogens with one attached hydrogen (secondary N) is 2. The number of rotatable bonds is 9. The third-order valence-corrected chi connectivity index (χ3v) is 2.80. The minimum Gasteiger partial charge on any atom is -0.497 e. The average molecular weight is 280 g/mol. The first-order chi connectivity index (χ1) is 9.65. The second-order valence-electron chi connectivity index (χ2n) is 4.62. The first-order valence-electron chi connectivity index (χ1n) is 6.87. The summed E-state index contributed by atoms with van der Waals surface area (Å²) < 4.78 is 10.9. The summed E-state index contributed by atoms with van der Waals surface area (Å²) in [6.45, 7) is 3.27. The number of carbonyl (C=O) groups is 1. The first-order valence-corrected chi connectivity index (χ1v) is 6.87. The fourth-order valence-corrected chi connectivity index (χ4v) is 1.72. The van der Waals surface area contributed by atoms with Crippen LogP contribution in [0, 0.1) is 0 Å². The monoisotopic (exact) mass is 280 g/mol. The summed E-state index contributed by atoms with van der Waals surface area (Å²) >= 11 is 0. The number of hydrogen-bond donors (Lipinski definition) is 2. The van der Waals surface area contributed by atoms with Gasteiger partial charge in [-0.1, -0.05) is 6.07 Å². The molecule has 1 unspecified atom stereocenters. The second kappa shape index (κ2) is 9.20. The van der Waals surface area contributed by atoms with Crippen LogP contribution in [0.4, 0.5) is 0 Å². The Hall–Kier alpha value is -1.75. The Morgan fingerprint density at radius 3 is 2.80 bits per heavy atom. The number of hydrogen-bond acceptors (Lipinski definition) is 4. The molecule has 112 valence electrons. The fourth-order valence-electron chi connectivity index (χ4n) is 1.72. The summed E-state index contributed by atoms with van der Waals surface area (Å²) in [6, 6.07) is 7.43. The van der Waals surface area contributed by atoms with Crippen LogP contribution in [0.5, 0.6) is 11.5 Å². The molecule has 2 N–H and O–H groups in total. The topological polar surface area (TPSA) is 59.6 Å². The third-order valence-electron chi connectivity index (χ3n) is 2.80. The Morgan fingerprint density at radius 1 is 1.35 bits per heavy atom. The van der Waals surface area contributed by atoms with Crippen molar-refractivity contribution in [3.63, 3.8) is 0 Å². The van der Waals surface area contributed by atoms with E-state index in [-0.39, 0.29) is 12.0 Å². The molecule has 1 rings (SSSR count). The molecule has 0 saturated carbocycles. The van der Waals surface area contributed by atoms with Crippen molar-refractivity contribution in [2.45, 2.75) is 25.9 Å². The lowest BCUT2D eigenvalue weighted by Crippen LogP contribution is -2.33. The molecule has 0 saturated heterocycles. The van der Waals surface area contributed by atoms with Gasteiger partial charge in [0.15, 0.2) is 0 Å². The van der Waals surface area contributed by atoms with Crippen LogP contribution < -0.4 is 20.1 Å². The van der Waals surface area contributed by atoms with E-state index in [1.807, 2.05) is 38.2 Å². The second-order valence-corrected chi connectivity index (χ2v) is 4.62. The molecular weight excluding hydrogens is 256 g/mol. The van der Waals surface area contributed by atoms with E-state index in [0.29, 0.717) is 13.0 Å². The van der Waals surface area contributed by atoms with Crippen molar-refractivity contribution >= 4 is 5.91 Å². The van der Waals surface area contributed by atoms with Crippen molar-refractivity contribution in [3.05, 3.63) is 24.3 Å². The van der Waals surface area contributed by atoms with Crippen LogP contribution >= 0.6 is 0 Å². The largest absolute Gasteiger partial charge is 0.497 e. The summed E-state index contributed by atoms with van der Waals surface area (Å²) in [5, 5.41) is 5.88. The molecule has 0 aliphatic carbocycles. The lowest BCUT2D eigenvalue weighted by Gasteiger charge is -2.16. The minimum atomic E-state index is -0.0876. The number of benzene rings is 1. The molecule has 0 aliphatic rings. The summed E-state index contributed by atoms with van der Waals surface area (Å²) in [5.74, 6) is 1.55. The number of amides is 1. The highest BCUT2D eigenvalue weighted by atomic mass is 16.5. The van der Waals surface area contributed by atoms with Gasteiger partial charge in [0.2, 0.25) is 5.91 Å². The quantitative estimate of drug-likeness (QED) is 0.674. The van der Waals surface area contributed by atoms with Gasteiger partial charge >= 0.3 is 0 Å². The number of ether oxygens (including phenoxy) is 2. The smallest absolute Gasteiger partial charge is 0.220 e. The Morgan fingerprint density at radius 2 is 2.10 bits per heavy atom. The number of carbonyl (C=O) groups excluding carboxylic acids is 1. The molecule has 1 atom stereocenters. The van der Waals surface area contributed by atoms with Crippen molar-refractivity contribution in [1.29, 1.82) is 0 Å². The van der Waals surface area contributed by atoms with E-state index in [1.165, 1.54) is 0 Å². The molecule has 5 nitrogen and oxygen atoms in total. The van der Waals surface area contributed by atoms with E-state index in [9.17, 15) is 4.79 Å². The van der Waals surface area contributed by atoms with Gasteiger partial charge in [-0.25, -0.2) is 0 Å². The highest BCUT2D eigenvalue weighted by molar-refractivity contribution is 5.75. The van der Waals surface area contributed by atoms with Gasteiger partial charge < -0.3 is 20.1 Å². The number of methoxy groups -OCH3 is 1. The molecule has 0 bridgehead atoms. The summed E-state index contributed by atoms with van der Waals surface area (Å²) in [4.78, 5) is 11.6. The standard InChI is InChI=1S/C15H24N2O3/c1-12(11-17-15(18)8-5-9-16-2)20-14-7-4-6-13(10-14)19-3/h4,6-7,10,12,16H,5,8-9,11H2,1-3H3,(H,17,18). The highest BCUT2D eigenvalue weighted by Crippen LogP contribution is 2.19. The molecule has 5 heteroatoms. The predicted molar refractivity (Wildman–Crippen MR) is 79.3 cm³/mol. The normalized spacial score (nSPS) is 11.8. The van der Waals surface area contributed by atoms with Crippen molar-refractivity contribution in [2.75, 3.05) is 27.2 Å². The van der Waals surface area contributed by atoms with Crippen LogP contribution in [0.25, 0.3) is 0 Å². The van der Waals surface area contributed by atoms with E-state index >= 15 is 0 Å². The zero-order chi connectivity index (χ0) is 14.8. The van der Waals surface area contributed by atoms with Gasteiger partial charge in [-0.05, 0) is 39.1 Å². The first kappa shape index (κ1) is 16.3. The maximum Gasteiger partial charge on any atom is 0.220 e. The lowest BCUT2D eigenvalue weighted by atomic mass is 10.3. The summed E-state index contributed by atoms with van der Waals surface area (Å²) in [7, 11) is 3.50. The van der Waals surface area contributed by atoms with Crippen LogP contribution in [0.2, 0.25) is 0 Å². The molecule has 0 radical (unpaired) electrons. The van der Waals surface area contributed by atoms with Crippen LogP contribution in [0.3, 0.4) is 0 Å². The molecule has 20 heavy (non-hydrogen) atoms. The fraction of sp³-hybridized carbons (Fsp3) is 0.533. The van der Waals surface area contributed by atoms with Gasteiger partial charge in [-0.3, -0.25) is 4.79 Å². The Bertz CT molecular complexity index is 410. The van der Waals surface area contributed by atoms with Gasteiger partial charge in [-0.2, -0.15) is 0 Å². The molecule has 0 fully saturated rings. The third kappa shape index (κ3) is 6.43. The molecule has 1 amide bonds. The lowest BCUT2D eigenvalue weighted by molar-refractivity contribution is -0.121. The molecule has 1 aromatic carbocycles. The van der Waals surface area contributed by atoms with E-state index in [1.54, 1.807) is 7.11 Å². The summed E-state index contributed by atoms with van der Waals surface area (Å²) in [6.07, 6.45) is 1.29. The van der Waals surface area contributed by atoms with Crippen molar-refractivity contribution in [2.24, 2.45) is 0 Å². The van der Waals surface area contributed by atoms with Gasteiger partial charge in [0, 0.05) is 12.5 Å². The molecule has 0 aromatic heterocycles. The Kier molecular flexibility index (Phi) is 7.50. The molecule has 1 aromatic rings. The predicted octanol–water partition coefficient (Wildman–Crippen LogP) is 1.58. The molecular formula is C15H24N2O3. The average Bonchev–Trinajstić information content (AvgIpc) is 2.45. The SMILES string of the molecule is CNCCCC(=O)NCC(C)Oc1cccc(OC)c1. The molecule has 0 spiro atoms. The zero-order valence-electron chi connectivity index (χ0n) is 12.4. The highest BCUT2D eigenvalue weighted by Gasteiger charge is 2.07. The Labute approximate surface area is 120 Å². The van der Waals surface area contributed by atoms with Gasteiger partial charge in [0.1, 0.15) is 17.6 Å². The van der Waals surface area contributed by atoms with Crippen LogP contribution in [0.1, 0.15) is 19.8 Å². The van der Waals surface area contributed by atoms with E-state index in [0.717, 1.165) is 24.5 Å². The zero-order valence-corrected chi connectivity index (χ0v) is 12.4. The van der Waals surface area contributed by atoms with Crippen molar-refractivity contribution in [1.82, 2.24) is 10.6 Å². The van der Waals surface area contributed by atoms with Crippen LogP contribution in [-0.2, 0) is 4.79 Å². The Balaban J connectivity index is 2.28. The van der Waals surface area contributed by atoms with E-state index < -0.39 is 0 Å². The summed E-state index contributed by atoms with van der Waals surface area (Å²) in [5.41, 5.74) is 0. The molecule has 0 aliphatic heterocycles. The maximum absolute atomic E-state index is 11.6. The maximum atomic E-state index is 11.6. The van der Waals surface area contributed by atoms with Crippen molar-refractivity contribution in [3.8, 4) is 11.5 Å². The van der Waals surface area contributed by atoms with Crippen LogP contribution in [-0.4, -0.2) is 39.3 Å².